The third-order valence-electron chi connectivity index (χ3n) is 3.10. The summed E-state index contributed by atoms with van der Waals surface area (Å²) in [6.07, 6.45) is 0. The Labute approximate surface area is 132 Å². The summed E-state index contributed by atoms with van der Waals surface area (Å²) in [6, 6.07) is 5.07. The van der Waals surface area contributed by atoms with E-state index in [1.165, 1.54) is 7.11 Å². The van der Waals surface area contributed by atoms with Crippen LogP contribution in [0, 0.1) is 0 Å². The molecule has 5 nitrogen and oxygen atoms in total. The van der Waals surface area contributed by atoms with E-state index < -0.39 is 0 Å². The molecule has 1 aromatic heterocycles. The van der Waals surface area contributed by atoms with Crippen LogP contribution in [0.2, 0.25) is 0 Å². The van der Waals surface area contributed by atoms with Crippen molar-refractivity contribution in [3.8, 4) is 22.9 Å². The largest absolute Gasteiger partial charge is 0.504 e. The molecule has 2 rings (SSSR count). The summed E-state index contributed by atoms with van der Waals surface area (Å²) in [5, 5.41) is 12.7. The maximum absolute atomic E-state index is 9.68. The number of phenolic OH excluding ortho intramolecular Hbond substituents is 1. The summed E-state index contributed by atoms with van der Waals surface area (Å²) >= 11 is 3.54. The molecule has 1 aromatic carbocycles. The molecule has 0 spiro atoms. The quantitative estimate of drug-likeness (QED) is 0.877. The number of rotatable bonds is 4. The second-order valence-corrected chi connectivity index (χ2v) is 5.68. The molecule has 1 heterocycles. The number of aromatic hydroxyl groups is 1. The van der Waals surface area contributed by atoms with E-state index in [0.717, 1.165) is 21.5 Å². The van der Waals surface area contributed by atoms with Crippen molar-refractivity contribution in [3.63, 3.8) is 0 Å². The smallest absolute Gasteiger partial charge is 0.161 e. The van der Waals surface area contributed by atoms with Gasteiger partial charge in [-0.25, -0.2) is 9.97 Å². The summed E-state index contributed by atoms with van der Waals surface area (Å²) in [5.74, 6) is 2.07. The van der Waals surface area contributed by atoms with E-state index in [0.29, 0.717) is 11.6 Å². The lowest BCUT2D eigenvalue weighted by Gasteiger charge is -2.14. The van der Waals surface area contributed by atoms with Crippen LogP contribution >= 0.6 is 15.9 Å². The van der Waals surface area contributed by atoms with Gasteiger partial charge in [-0.3, -0.25) is 0 Å². The number of nitrogens with zero attached hydrogens (tertiary/aromatic N) is 2. The number of phenols is 1. The summed E-state index contributed by atoms with van der Waals surface area (Å²) in [5.41, 5.74) is 1.71. The zero-order valence-electron chi connectivity index (χ0n) is 12.4. The molecule has 0 saturated heterocycles. The number of aromatic nitrogens is 2. The van der Waals surface area contributed by atoms with E-state index >= 15 is 0 Å². The second-order valence-electron chi connectivity index (χ2n) is 4.89. The third-order valence-corrected chi connectivity index (χ3v) is 3.88. The number of halogens is 1. The maximum atomic E-state index is 9.68. The van der Waals surface area contributed by atoms with Crippen molar-refractivity contribution in [2.45, 2.75) is 19.8 Å². The molecule has 0 fully saturated rings. The molecule has 0 aliphatic rings. The van der Waals surface area contributed by atoms with E-state index in [1.54, 1.807) is 18.2 Å². The van der Waals surface area contributed by atoms with Crippen LogP contribution in [0.1, 0.15) is 25.5 Å². The minimum Gasteiger partial charge on any atom is -0.504 e. The lowest BCUT2D eigenvalue weighted by Crippen LogP contribution is -2.04. The predicted molar refractivity (Wildman–Crippen MR) is 87.0 cm³/mol. The molecule has 6 heteroatoms. The Morgan fingerprint density at radius 3 is 2.57 bits per heavy atom. The van der Waals surface area contributed by atoms with Crippen molar-refractivity contribution in [3.05, 3.63) is 28.4 Å². The van der Waals surface area contributed by atoms with Gasteiger partial charge in [-0.1, -0.05) is 13.8 Å². The number of anilines is 1. The van der Waals surface area contributed by atoms with Crippen molar-refractivity contribution in [2.75, 3.05) is 19.5 Å². The fourth-order valence-corrected chi connectivity index (χ4v) is 2.79. The molecule has 112 valence electrons. The van der Waals surface area contributed by atoms with E-state index in [4.69, 9.17) is 4.74 Å². The van der Waals surface area contributed by atoms with Gasteiger partial charge in [0.15, 0.2) is 17.3 Å². The standard InChI is InChI=1S/C15H18BrN3O2/c1-8(2)13-12(16)15(17-3)19-14(18-13)9-5-6-10(20)11(7-9)21-4/h5-8,20H,1-4H3,(H,17,18,19). The summed E-state index contributed by atoms with van der Waals surface area (Å²) < 4.78 is 6.00. The highest BCUT2D eigenvalue weighted by Gasteiger charge is 2.16. The highest BCUT2D eigenvalue weighted by Crippen LogP contribution is 2.34. The zero-order valence-corrected chi connectivity index (χ0v) is 14.0. The van der Waals surface area contributed by atoms with Crippen molar-refractivity contribution < 1.29 is 9.84 Å². The van der Waals surface area contributed by atoms with Crippen LogP contribution in [0.4, 0.5) is 5.82 Å². The van der Waals surface area contributed by atoms with E-state index in [9.17, 15) is 5.11 Å². The SMILES string of the molecule is CNc1nc(-c2ccc(O)c(OC)c2)nc(C(C)C)c1Br. The van der Waals surface area contributed by atoms with Gasteiger partial charge >= 0.3 is 0 Å². The molecule has 0 aliphatic heterocycles. The van der Waals surface area contributed by atoms with Gasteiger partial charge in [0.1, 0.15) is 5.82 Å². The van der Waals surface area contributed by atoms with Crippen molar-refractivity contribution >= 4 is 21.7 Å². The van der Waals surface area contributed by atoms with E-state index in [2.05, 4.69) is 45.1 Å². The first kappa shape index (κ1) is 15.6. The molecule has 2 aromatic rings. The maximum Gasteiger partial charge on any atom is 0.161 e. The molecule has 0 aliphatic carbocycles. The Bertz CT molecular complexity index is 660. The second kappa shape index (κ2) is 6.30. The minimum atomic E-state index is 0.0938. The first-order valence-corrected chi connectivity index (χ1v) is 7.39. The molecule has 0 atom stereocenters. The molecule has 21 heavy (non-hydrogen) atoms. The number of hydrogen-bond donors (Lipinski definition) is 2. The lowest BCUT2D eigenvalue weighted by atomic mass is 10.1. The molecule has 2 N–H and O–H groups in total. The predicted octanol–water partition coefficient (Wildman–Crippen LogP) is 3.79. The fourth-order valence-electron chi connectivity index (χ4n) is 1.96. The number of ether oxygens (including phenoxy) is 1. The van der Waals surface area contributed by atoms with E-state index in [1.807, 2.05) is 7.05 Å². The zero-order chi connectivity index (χ0) is 15.6. The van der Waals surface area contributed by atoms with Gasteiger partial charge in [-0.15, -0.1) is 0 Å². The van der Waals surface area contributed by atoms with Crippen LogP contribution in [0.25, 0.3) is 11.4 Å². The first-order chi connectivity index (χ1) is 9.97. The third kappa shape index (κ3) is 3.10. The van der Waals surface area contributed by atoms with E-state index in [-0.39, 0.29) is 11.7 Å². The van der Waals surface area contributed by atoms with Gasteiger partial charge in [0.25, 0.3) is 0 Å². The Kier molecular flexibility index (Phi) is 4.67. The van der Waals surface area contributed by atoms with Gasteiger partial charge in [0, 0.05) is 12.6 Å². The molecular formula is C15H18BrN3O2. The first-order valence-electron chi connectivity index (χ1n) is 6.60. The van der Waals surface area contributed by atoms with Crippen molar-refractivity contribution in [1.82, 2.24) is 9.97 Å². The van der Waals surface area contributed by atoms with Crippen molar-refractivity contribution in [2.24, 2.45) is 0 Å². The van der Waals surface area contributed by atoms with Gasteiger partial charge in [-0.05, 0) is 40.0 Å². The molecule has 0 bridgehead atoms. The van der Waals surface area contributed by atoms with Crippen LogP contribution in [0.5, 0.6) is 11.5 Å². The summed E-state index contributed by atoms with van der Waals surface area (Å²) in [6.45, 7) is 4.15. The molecule has 0 unspecified atom stereocenters. The average molecular weight is 352 g/mol. The number of hydrogen-bond acceptors (Lipinski definition) is 5. The topological polar surface area (TPSA) is 67.3 Å². The molecule has 0 radical (unpaired) electrons. The minimum absolute atomic E-state index is 0.0938. The summed E-state index contributed by atoms with van der Waals surface area (Å²) in [4.78, 5) is 9.12. The van der Waals surface area contributed by atoms with Crippen LogP contribution in [-0.2, 0) is 0 Å². The molecule has 0 amide bonds. The van der Waals surface area contributed by atoms with Crippen LogP contribution in [0.15, 0.2) is 22.7 Å². The Morgan fingerprint density at radius 1 is 1.29 bits per heavy atom. The molecular weight excluding hydrogens is 334 g/mol. The lowest BCUT2D eigenvalue weighted by molar-refractivity contribution is 0.373. The monoisotopic (exact) mass is 351 g/mol. The Balaban J connectivity index is 2.61. The number of nitrogens with one attached hydrogen (secondary N) is 1. The van der Waals surface area contributed by atoms with Crippen molar-refractivity contribution in [1.29, 1.82) is 0 Å². The van der Waals surface area contributed by atoms with Crippen LogP contribution < -0.4 is 10.1 Å². The highest BCUT2D eigenvalue weighted by atomic mass is 79.9. The Hall–Kier alpha value is -1.82. The highest BCUT2D eigenvalue weighted by molar-refractivity contribution is 9.10. The Morgan fingerprint density at radius 2 is 2.00 bits per heavy atom. The van der Waals surface area contributed by atoms with Gasteiger partial charge < -0.3 is 15.2 Å². The fraction of sp³-hybridized carbons (Fsp3) is 0.333. The van der Waals surface area contributed by atoms with Gasteiger partial charge in [-0.2, -0.15) is 0 Å². The number of methoxy groups -OCH3 is 1. The molecule has 0 saturated carbocycles. The van der Waals surface area contributed by atoms with Gasteiger partial charge in [0.2, 0.25) is 0 Å². The van der Waals surface area contributed by atoms with Gasteiger partial charge in [0.05, 0.1) is 17.3 Å². The average Bonchev–Trinajstić information content (AvgIpc) is 2.47. The van der Waals surface area contributed by atoms with Crippen LogP contribution in [0.3, 0.4) is 0 Å². The van der Waals surface area contributed by atoms with Crippen LogP contribution in [-0.4, -0.2) is 29.2 Å². The normalized spacial score (nSPS) is 10.8. The number of benzene rings is 1. The summed E-state index contributed by atoms with van der Waals surface area (Å²) in [7, 11) is 3.33.